The summed E-state index contributed by atoms with van der Waals surface area (Å²) in [5.41, 5.74) is 2.36. The van der Waals surface area contributed by atoms with Gasteiger partial charge in [0.05, 0.1) is 0 Å². The molecule has 0 bridgehead atoms. The van der Waals surface area contributed by atoms with Crippen LogP contribution in [0.5, 0.6) is 0 Å². The highest BCUT2D eigenvalue weighted by molar-refractivity contribution is 5.76. The predicted octanol–water partition coefficient (Wildman–Crippen LogP) is 3.20. The molecule has 1 saturated heterocycles. The van der Waals surface area contributed by atoms with Crippen molar-refractivity contribution in [3.8, 4) is 11.3 Å². The lowest BCUT2D eigenvalue weighted by atomic mass is 9.90. The van der Waals surface area contributed by atoms with Crippen molar-refractivity contribution in [2.75, 3.05) is 36.0 Å². The van der Waals surface area contributed by atoms with E-state index in [1.54, 1.807) is 37.8 Å². The van der Waals surface area contributed by atoms with Crippen molar-refractivity contribution in [3.63, 3.8) is 0 Å². The first kappa shape index (κ1) is 23.0. The Kier molecular flexibility index (Phi) is 5.56. The summed E-state index contributed by atoms with van der Waals surface area (Å²) in [6.45, 7) is 6.39. The molecule has 1 aliphatic heterocycles. The fourth-order valence-corrected chi connectivity index (χ4v) is 4.60. The average molecular weight is 501 g/mol. The van der Waals surface area contributed by atoms with Gasteiger partial charge < -0.3 is 19.4 Å². The first-order chi connectivity index (χ1) is 17.9. The molecule has 1 aliphatic rings. The van der Waals surface area contributed by atoms with E-state index in [0.717, 1.165) is 41.4 Å². The van der Waals surface area contributed by atoms with Crippen molar-refractivity contribution in [1.29, 1.82) is 0 Å². The second-order valence-electron chi connectivity index (χ2n) is 9.29. The molecule has 5 heterocycles. The first-order valence-electron chi connectivity index (χ1n) is 12.0. The molecule has 11 heteroatoms. The molecule has 5 aromatic rings. The fourth-order valence-electron chi connectivity index (χ4n) is 4.60. The normalized spacial score (nSPS) is 15.8. The Morgan fingerprint density at radius 2 is 1.65 bits per heavy atom. The SMILES string of the molecule is Cc1cc(-c2cc3c(N4CCN(c5ncc([C@@](C)(O)c6ccc(F)cc6)cn5)CC4)ncnn3c2)no1. The van der Waals surface area contributed by atoms with E-state index in [-0.39, 0.29) is 5.82 Å². The van der Waals surface area contributed by atoms with Gasteiger partial charge in [-0.3, -0.25) is 0 Å². The number of rotatable bonds is 5. The molecule has 0 aliphatic carbocycles. The van der Waals surface area contributed by atoms with E-state index in [9.17, 15) is 9.50 Å². The molecule has 188 valence electrons. The Labute approximate surface area is 212 Å². The number of aliphatic hydroxyl groups is 1. The van der Waals surface area contributed by atoms with Crippen LogP contribution in [0, 0.1) is 12.7 Å². The number of aryl methyl sites for hydroxylation is 1. The lowest BCUT2D eigenvalue weighted by Gasteiger charge is -2.35. The van der Waals surface area contributed by atoms with Crippen LogP contribution < -0.4 is 9.80 Å². The molecule has 0 saturated carbocycles. The predicted molar refractivity (Wildman–Crippen MR) is 135 cm³/mol. The van der Waals surface area contributed by atoms with Crippen LogP contribution in [-0.2, 0) is 5.60 Å². The number of fused-ring (bicyclic) bond motifs is 1. The van der Waals surface area contributed by atoms with Gasteiger partial charge in [0.1, 0.15) is 34.7 Å². The van der Waals surface area contributed by atoms with Crippen LogP contribution in [0.3, 0.4) is 0 Å². The highest BCUT2D eigenvalue weighted by Gasteiger charge is 2.28. The lowest BCUT2D eigenvalue weighted by molar-refractivity contribution is 0.101. The molecule has 1 N–H and O–H groups in total. The van der Waals surface area contributed by atoms with Crippen LogP contribution in [-0.4, -0.2) is 61.0 Å². The molecule has 0 spiro atoms. The van der Waals surface area contributed by atoms with E-state index in [0.29, 0.717) is 30.2 Å². The van der Waals surface area contributed by atoms with Gasteiger partial charge in [-0.15, -0.1) is 0 Å². The minimum absolute atomic E-state index is 0.351. The Morgan fingerprint density at radius 3 is 2.32 bits per heavy atom. The molecule has 37 heavy (non-hydrogen) atoms. The number of hydrogen-bond donors (Lipinski definition) is 1. The highest BCUT2D eigenvalue weighted by atomic mass is 19.1. The van der Waals surface area contributed by atoms with E-state index in [1.165, 1.54) is 12.1 Å². The van der Waals surface area contributed by atoms with Gasteiger partial charge in [0.25, 0.3) is 0 Å². The van der Waals surface area contributed by atoms with Crippen LogP contribution in [0.2, 0.25) is 0 Å². The zero-order valence-electron chi connectivity index (χ0n) is 20.4. The molecule has 0 radical (unpaired) electrons. The van der Waals surface area contributed by atoms with Crippen molar-refractivity contribution in [2.24, 2.45) is 0 Å². The molecule has 10 nitrogen and oxygen atoms in total. The maximum Gasteiger partial charge on any atom is 0.225 e. The summed E-state index contributed by atoms with van der Waals surface area (Å²) in [7, 11) is 0. The van der Waals surface area contributed by atoms with Crippen LogP contribution in [0.25, 0.3) is 16.8 Å². The standard InChI is InChI=1S/C26H25FN8O2/c1-17-11-22(32-37-17)18-12-23-24(30-16-31-35(23)15-18)33-7-9-34(10-8-33)25-28-13-20(14-29-25)26(2,36)19-3-5-21(27)6-4-19/h3-6,11-16,36H,7-10H2,1-2H3/t26-/m0/s1. The van der Waals surface area contributed by atoms with Crippen molar-refractivity contribution in [3.05, 3.63) is 84.0 Å². The third-order valence-electron chi connectivity index (χ3n) is 6.78. The molecule has 1 fully saturated rings. The first-order valence-corrected chi connectivity index (χ1v) is 12.0. The highest BCUT2D eigenvalue weighted by Crippen LogP contribution is 2.30. The van der Waals surface area contributed by atoms with Crippen LogP contribution >= 0.6 is 0 Å². The second-order valence-corrected chi connectivity index (χ2v) is 9.29. The minimum Gasteiger partial charge on any atom is -0.381 e. The maximum absolute atomic E-state index is 13.3. The molecule has 6 rings (SSSR count). The average Bonchev–Trinajstić information content (AvgIpc) is 3.55. The fraction of sp³-hybridized carbons (Fsp3) is 0.269. The second kappa shape index (κ2) is 8.93. The van der Waals surface area contributed by atoms with Crippen molar-refractivity contribution < 1.29 is 14.0 Å². The van der Waals surface area contributed by atoms with Gasteiger partial charge in [-0.2, -0.15) is 5.10 Å². The number of halogens is 1. The number of aromatic nitrogens is 6. The van der Waals surface area contributed by atoms with Gasteiger partial charge in [0.15, 0.2) is 5.82 Å². The topological polar surface area (TPSA) is 109 Å². The summed E-state index contributed by atoms with van der Waals surface area (Å²) in [5.74, 6) is 1.85. The Morgan fingerprint density at radius 1 is 0.946 bits per heavy atom. The number of hydrogen-bond acceptors (Lipinski definition) is 9. The summed E-state index contributed by atoms with van der Waals surface area (Å²) in [5, 5.41) is 19.5. The van der Waals surface area contributed by atoms with E-state index in [1.807, 2.05) is 29.8 Å². The zero-order valence-corrected chi connectivity index (χ0v) is 20.4. The van der Waals surface area contributed by atoms with Gasteiger partial charge in [0, 0.05) is 62.0 Å². The largest absolute Gasteiger partial charge is 0.381 e. The number of anilines is 2. The Hall–Kier alpha value is -4.38. The van der Waals surface area contributed by atoms with Gasteiger partial charge in [-0.1, -0.05) is 17.3 Å². The number of benzene rings is 1. The van der Waals surface area contributed by atoms with Gasteiger partial charge >= 0.3 is 0 Å². The summed E-state index contributed by atoms with van der Waals surface area (Å²) in [4.78, 5) is 17.9. The van der Waals surface area contributed by atoms with Crippen LogP contribution in [0.4, 0.5) is 16.2 Å². The molecule has 0 amide bonds. The van der Waals surface area contributed by atoms with E-state index >= 15 is 0 Å². The van der Waals surface area contributed by atoms with E-state index in [2.05, 4.69) is 35.0 Å². The third-order valence-corrected chi connectivity index (χ3v) is 6.78. The van der Waals surface area contributed by atoms with Crippen molar-refractivity contribution in [1.82, 2.24) is 29.7 Å². The Bertz CT molecular complexity index is 1540. The third kappa shape index (κ3) is 4.27. The summed E-state index contributed by atoms with van der Waals surface area (Å²) < 4.78 is 20.3. The molecule has 1 atom stereocenters. The zero-order chi connectivity index (χ0) is 25.6. The number of piperazine rings is 1. The van der Waals surface area contributed by atoms with E-state index in [4.69, 9.17) is 4.52 Å². The van der Waals surface area contributed by atoms with Crippen molar-refractivity contribution >= 4 is 17.3 Å². The maximum atomic E-state index is 13.3. The minimum atomic E-state index is -1.33. The monoisotopic (exact) mass is 500 g/mol. The quantitative estimate of drug-likeness (QED) is 0.389. The van der Waals surface area contributed by atoms with Crippen LogP contribution in [0.1, 0.15) is 23.8 Å². The van der Waals surface area contributed by atoms with Crippen molar-refractivity contribution in [2.45, 2.75) is 19.4 Å². The summed E-state index contributed by atoms with van der Waals surface area (Å²) in [6.07, 6.45) is 6.73. The van der Waals surface area contributed by atoms with Gasteiger partial charge in [-0.25, -0.2) is 23.9 Å². The molecule has 0 unspecified atom stereocenters. The van der Waals surface area contributed by atoms with Gasteiger partial charge in [0.2, 0.25) is 5.95 Å². The van der Waals surface area contributed by atoms with Gasteiger partial charge in [-0.05, 0) is 37.6 Å². The smallest absolute Gasteiger partial charge is 0.225 e. The Balaban J connectivity index is 1.17. The van der Waals surface area contributed by atoms with E-state index < -0.39 is 5.60 Å². The molecular formula is C26H25FN8O2. The molecule has 1 aromatic carbocycles. The summed E-state index contributed by atoms with van der Waals surface area (Å²) in [6, 6.07) is 9.70. The summed E-state index contributed by atoms with van der Waals surface area (Å²) >= 11 is 0. The lowest BCUT2D eigenvalue weighted by Crippen LogP contribution is -2.47. The molecular weight excluding hydrogens is 475 g/mol. The molecule has 4 aromatic heterocycles. The van der Waals surface area contributed by atoms with Crippen LogP contribution in [0.15, 0.2) is 65.8 Å². The number of nitrogens with zero attached hydrogens (tertiary/aromatic N) is 8.